The summed E-state index contributed by atoms with van der Waals surface area (Å²) in [5.41, 5.74) is 1.05. The number of benzene rings is 2. The van der Waals surface area contributed by atoms with Gasteiger partial charge in [0, 0.05) is 11.6 Å². The molecular weight excluding hydrogens is 281 g/mol. The van der Waals surface area contributed by atoms with Crippen LogP contribution in [0.4, 0.5) is 0 Å². The van der Waals surface area contributed by atoms with Gasteiger partial charge in [0.05, 0.1) is 5.02 Å². The van der Waals surface area contributed by atoms with E-state index in [0.29, 0.717) is 21.5 Å². The van der Waals surface area contributed by atoms with Crippen LogP contribution in [-0.4, -0.2) is 6.54 Å². The number of para-hydroxylation sites is 1. The first-order chi connectivity index (χ1) is 9.20. The Kier molecular flexibility index (Phi) is 5.08. The molecule has 0 aromatic heterocycles. The zero-order chi connectivity index (χ0) is 13.7. The van der Waals surface area contributed by atoms with E-state index in [1.165, 1.54) is 0 Å². The molecular formula is C15H15Cl2NO. The fourth-order valence-corrected chi connectivity index (χ4v) is 2.06. The summed E-state index contributed by atoms with van der Waals surface area (Å²) in [5, 5.41) is 4.50. The average Bonchev–Trinajstić information content (AvgIpc) is 2.40. The van der Waals surface area contributed by atoms with E-state index in [0.717, 1.165) is 18.7 Å². The Morgan fingerprint density at radius 3 is 2.53 bits per heavy atom. The zero-order valence-corrected chi connectivity index (χ0v) is 12.1. The highest BCUT2D eigenvalue weighted by atomic mass is 35.5. The van der Waals surface area contributed by atoms with Gasteiger partial charge in [-0.25, -0.2) is 0 Å². The summed E-state index contributed by atoms with van der Waals surface area (Å²) in [4.78, 5) is 0. The van der Waals surface area contributed by atoms with Gasteiger partial charge in [-0.2, -0.15) is 0 Å². The van der Waals surface area contributed by atoms with Gasteiger partial charge in [0.1, 0.15) is 11.5 Å². The minimum absolute atomic E-state index is 0.579. The molecule has 0 saturated carbocycles. The molecule has 0 unspecified atom stereocenters. The van der Waals surface area contributed by atoms with Crippen molar-refractivity contribution in [3.05, 3.63) is 58.1 Å². The highest BCUT2D eigenvalue weighted by molar-refractivity contribution is 6.32. The summed E-state index contributed by atoms with van der Waals surface area (Å²) in [6, 6.07) is 13.0. The topological polar surface area (TPSA) is 21.3 Å². The first kappa shape index (κ1) is 14.2. The Hall–Kier alpha value is -1.22. The molecule has 0 radical (unpaired) electrons. The Morgan fingerprint density at radius 2 is 1.84 bits per heavy atom. The summed E-state index contributed by atoms with van der Waals surface area (Å²) in [6.45, 7) is 3.72. The largest absolute Gasteiger partial charge is 0.456 e. The first-order valence-corrected chi connectivity index (χ1v) is 6.88. The fraction of sp³-hybridized carbons (Fsp3) is 0.200. The predicted octanol–water partition coefficient (Wildman–Crippen LogP) is 4.90. The third-order valence-electron chi connectivity index (χ3n) is 2.65. The molecule has 100 valence electrons. The summed E-state index contributed by atoms with van der Waals surface area (Å²) in [5.74, 6) is 1.30. The quantitative estimate of drug-likeness (QED) is 0.847. The molecule has 2 nitrogen and oxygen atoms in total. The summed E-state index contributed by atoms with van der Waals surface area (Å²) < 4.78 is 5.71. The standard InChI is InChI=1S/C15H15Cl2NO/c1-2-18-10-11-7-8-12(9-14(11)17)19-15-6-4-3-5-13(15)16/h3-9,18H,2,10H2,1H3. The van der Waals surface area contributed by atoms with Crippen molar-refractivity contribution in [3.8, 4) is 11.5 Å². The maximum atomic E-state index is 6.22. The Bertz CT molecular complexity index is 558. The van der Waals surface area contributed by atoms with E-state index >= 15 is 0 Å². The predicted molar refractivity (Wildman–Crippen MR) is 80.4 cm³/mol. The maximum absolute atomic E-state index is 6.22. The van der Waals surface area contributed by atoms with Crippen LogP contribution in [0, 0.1) is 0 Å². The van der Waals surface area contributed by atoms with Crippen LogP contribution < -0.4 is 10.1 Å². The lowest BCUT2D eigenvalue weighted by molar-refractivity contribution is 0.482. The van der Waals surface area contributed by atoms with Crippen molar-refractivity contribution >= 4 is 23.2 Å². The lowest BCUT2D eigenvalue weighted by atomic mass is 10.2. The molecule has 4 heteroatoms. The molecule has 0 aliphatic heterocycles. The Balaban J connectivity index is 2.14. The van der Waals surface area contributed by atoms with Crippen LogP contribution in [0.25, 0.3) is 0 Å². The van der Waals surface area contributed by atoms with Crippen LogP contribution in [0.15, 0.2) is 42.5 Å². The lowest BCUT2D eigenvalue weighted by Gasteiger charge is -2.10. The van der Waals surface area contributed by atoms with Gasteiger partial charge >= 0.3 is 0 Å². The molecule has 0 bridgehead atoms. The van der Waals surface area contributed by atoms with Crippen LogP contribution in [0.1, 0.15) is 12.5 Å². The number of hydrogen-bond donors (Lipinski definition) is 1. The molecule has 1 N–H and O–H groups in total. The third kappa shape index (κ3) is 3.87. The van der Waals surface area contributed by atoms with Crippen LogP contribution in [-0.2, 0) is 6.54 Å². The monoisotopic (exact) mass is 295 g/mol. The van der Waals surface area contributed by atoms with Crippen molar-refractivity contribution in [2.45, 2.75) is 13.5 Å². The molecule has 0 saturated heterocycles. The average molecular weight is 296 g/mol. The molecule has 2 rings (SSSR count). The summed E-state index contributed by atoms with van der Waals surface area (Å²) >= 11 is 12.3. The molecule has 0 fully saturated rings. The minimum atomic E-state index is 0.579. The molecule has 0 atom stereocenters. The van der Waals surface area contributed by atoms with Gasteiger partial charge in [-0.15, -0.1) is 0 Å². The van der Waals surface area contributed by atoms with E-state index in [9.17, 15) is 0 Å². The number of hydrogen-bond acceptors (Lipinski definition) is 2. The van der Waals surface area contributed by atoms with E-state index in [1.807, 2.05) is 30.3 Å². The Labute approximate surface area is 123 Å². The van der Waals surface area contributed by atoms with E-state index in [-0.39, 0.29) is 0 Å². The van der Waals surface area contributed by atoms with Crippen LogP contribution in [0.2, 0.25) is 10.0 Å². The van der Waals surface area contributed by atoms with Gasteiger partial charge in [-0.1, -0.05) is 48.3 Å². The van der Waals surface area contributed by atoms with E-state index in [1.54, 1.807) is 12.1 Å². The molecule has 0 aliphatic carbocycles. The first-order valence-electron chi connectivity index (χ1n) is 6.12. The smallest absolute Gasteiger partial charge is 0.146 e. The number of ether oxygens (including phenoxy) is 1. The molecule has 0 heterocycles. The SMILES string of the molecule is CCNCc1ccc(Oc2ccccc2Cl)cc1Cl. The van der Waals surface area contributed by atoms with Crippen molar-refractivity contribution in [1.29, 1.82) is 0 Å². The van der Waals surface area contributed by atoms with Crippen molar-refractivity contribution in [2.75, 3.05) is 6.54 Å². The van der Waals surface area contributed by atoms with E-state index in [2.05, 4.69) is 12.2 Å². The fourth-order valence-electron chi connectivity index (χ4n) is 1.65. The number of nitrogens with one attached hydrogen (secondary N) is 1. The third-order valence-corrected chi connectivity index (χ3v) is 3.32. The summed E-state index contributed by atoms with van der Waals surface area (Å²) in [7, 11) is 0. The van der Waals surface area contributed by atoms with Gasteiger partial charge in [-0.05, 0) is 36.4 Å². The molecule has 0 spiro atoms. The van der Waals surface area contributed by atoms with E-state index < -0.39 is 0 Å². The molecule has 2 aromatic rings. The second-order valence-electron chi connectivity index (χ2n) is 4.07. The highest BCUT2D eigenvalue weighted by Gasteiger charge is 2.05. The van der Waals surface area contributed by atoms with Gasteiger partial charge in [0.2, 0.25) is 0 Å². The van der Waals surface area contributed by atoms with Crippen molar-refractivity contribution in [2.24, 2.45) is 0 Å². The summed E-state index contributed by atoms with van der Waals surface area (Å²) in [6.07, 6.45) is 0. The second kappa shape index (κ2) is 6.80. The van der Waals surface area contributed by atoms with Crippen molar-refractivity contribution in [1.82, 2.24) is 5.32 Å². The maximum Gasteiger partial charge on any atom is 0.146 e. The number of halogens is 2. The molecule has 19 heavy (non-hydrogen) atoms. The molecule has 0 amide bonds. The van der Waals surface area contributed by atoms with Crippen LogP contribution in [0.5, 0.6) is 11.5 Å². The van der Waals surface area contributed by atoms with Gasteiger partial charge in [-0.3, -0.25) is 0 Å². The normalized spacial score (nSPS) is 10.5. The highest BCUT2D eigenvalue weighted by Crippen LogP contribution is 2.31. The lowest BCUT2D eigenvalue weighted by Crippen LogP contribution is -2.11. The van der Waals surface area contributed by atoms with Crippen LogP contribution in [0.3, 0.4) is 0 Å². The van der Waals surface area contributed by atoms with Crippen molar-refractivity contribution < 1.29 is 4.74 Å². The van der Waals surface area contributed by atoms with Gasteiger partial charge < -0.3 is 10.1 Å². The van der Waals surface area contributed by atoms with Crippen LogP contribution >= 0.6 is 23.2 Å². The number of rotatable bonds is 5. The molecule has 0 aliphatic rings. The second-order valence-corrected chi connectivity index (χ2v) is 4.88. The van der Waals surface area contributed by atoms with Gasteiger partial charge in [0.15, 0.2) is 0 Å². The Morgan fingerprint density at radius 1 is 1.05 bits per heavy atom. The molecule has 2 aromatic carbocycles. The van der Waals surface area contributed by atoms with E-state index in [4.69, 9.17) is 27.9 Å². The van der Waals surface area contributed by atoms with Crippen molar-refractivity contribution in [3.63, 3.8) is 0 Å². The minimum Gasteiger partial charge on any atom is -0.456 e. The zero-order valence-electron chi connectivity index (χ0n) is 10.6. The van der Waals surface area contributed by atoms with Gasteiger partial charge in [0.25, 0.3) is 0 Å².